The van der Waals surface area contributed by atoms with Gasteiger partial charge in [-0.3, -0.25) is 14.4 Å². The van der Waals surface area contributed by atoms with Crippen molar-refractivity contribution < 1.29 is 28.6 Å². The van der Waals surface area contributed by atoms with Crippen molar-refractivity contribution in [3.05, 3.63) is 146 Å². The Morgan fingerprint density at radius 3 is 0.747 bits per heavy atom. The Labute approximate surface area is 512 Å². The van der Waals surface area contributed by atoms with Crippen LogP contribution >= 0.6 is 0 Å². The fraction of sp³-hybridized carbons (Fsp3) is 0.649. The molecule has 0 aromatic heterocycles. The van der Waals surface area contributed by atoms with Crippen LogP contribution in [0, 0.1) is 0 Å². The molecule has 1 atom stereocenters. The standard InChI is InChI=1S/C77H126O6/c1-4-7-10-13-16-19-22-25-28-30-32-33-34-35-36-37-38-39-40-41-42-43-45-46-49-52-55-58-61-64-67-70-76(79)82-73-74(72-81-75(78)69-66-63-60-57-54-51-48-27-24-21-18-15-12-9-6-3)83-77(80)71-68-65-62-59-56-53-50-47-44-31-29-26-23-20-17-14-11-8-5-2/h7-8,10-11,16-17,19-20,25-29,32-33,35-36,38-39,41-42,44,47-48,74H,4-6,9,12-15,18,21-24,30-31,34,37,40,43,45-46,49-73H2,1-3H3/b10-7-,11-8-,19-16-,20-17-,28-25-,29-26-,33-32-,36-35-,39-38-,42-41-,47-44-,48-27-. The first-order chi connectivity index (χ1) is 41.0. The van der Waals surface area contributed by atoms with E-state index < -0.39 is 6.10 Å². The van der Waals surface area contributed by atoms with Gasteiger partial charge in [-0.15, -0.1) is 0 Å². The smallest absolute Gasteiger partial charge is 0.306 e. The molecule has 0 aliphatic carbocycles. The highest BCUT2D eigenvalue weighted by Crippen LogP contribution is 2.15. The molecular weight excluding hydrogens is 1020 g/mol. The van der Waals surface area contributed by atoms with Gasteiger partial charge in [0.1, 0.15) is 13.2 Å². The van der Waals surface area contributed by atoms with E-state index >= 15 is 0 Å². The highest BCUT2D eigenvalue weighted by molar-refractivity contribution is 5.71. The summed E-state index contributed by atoms with van der Waals surface area (Å²) < 4.78 is 16.9. The van der Waals surface area contributed by atoms with Gasteiger partial charge in [0.05, 0.1) is 0 Å². The zero-order chi connectivity index (χ0) is 59.9. The van der Waals surface area contributed by atoms with Crippen molar-refractivity contribution in [1.82, 2.24) is 0 Å². The monoisotopic (exact) mass is 1150 g/mol. The van der Waals surface area contributed by atoms with E-state index in [2.05, 4.69) is 167 Å². The Kier molecular flexibility index (Phi) is 65.8. The van der Waals surface area contributed by atoms with Crippen LogP contribution < -0.4 is 0 Å². The summed E-state index contributed by atoms with van der Waals surface area (Å²) >= 11 is 0. The topological polar surface area (TPSA) is 78.9 Å². The largest absolute Gasteiger partial charge is 0.462 e. The Morgan fingerprint density at radius 2 is 0.470 bits per heavy atom. The van der Waals surface area contributed by atoms with Crippen LogP contribution in [0.1, 0.15) is 303 Å². The van der Waals surface area contributed by atoms with E-state index in [4.69, 9.17) is 14.2 Å². The number of hydrogen-bond acceptors (Lipinski definition) is 6. The summed E-state index contributed by atoms with van der Waals surface area (Å²) in [6.07, 6.45) is 100.0. The molecule has 0 aromatic carbocycles. The van der Waals surface area contributed by atoms with Gasteiger partial charge in [-0.25, -0.2) is 0 Å². The third-order valence-corrected chi connectivity index (χ3v) is 14.3. The van der Waals surface area contributed by atoms with Crippen LogP contribution in [0.2, 0.25) is 0 Å². The minimum Gasteiger partial charge on any atom is -0.462 e. The summed E-state index contributed by atoms with van der Waals surface area (Å²) in [5.41, 5.74) is 0. The van der Waals surface area contributed by atoms with Gasteiger partial charge in [0.25, 0.3) is 0 Å². The molecular formula is C77H126O6. The highest BCUT2D eigenvalue weighted by atomic mass is 16.6. The molecule has 0 aliphatic rings. The second-order valence-electron chi connectivity index (χ2n) is 22.3. The van der Waals surface area contributed by atoms with Crippen molar-refractivity contribution in [2.24, 2.45) is 0 Å². The lowest BCUT2D eigenvalue weighted by atomic mass is 10.1. The van der Waals surface area contributed by atoms with Crippen molar-refractivity contribution in [1.29, 1.82) is 0 Å². The first-order valence-corrected chi connectivity index (χ1v) is 34.3. The van der Waals surface area contributed by atoms with Crippen LogP contribution in [0.5, 0.6) is 0 Å². The minimum atomic E-state index is -0.799. The second kappa shape index (κ2) is 69.8. The zero-order valence-corrected chi connectivity index (χ0v) is 53.9. The molecule has 0 aromatic rings. The second-order valence-corrected chi connectivity index (χ2v) is 22.3. The molecule has 0 amide bonds. The molecule has 0 radical (unpaired) electrons. The van der Waals surface area contributed by atoms with E-state index in [0.29, 0.717) is 19.3 Å². The normalized spacial score (nSPS) is 13.0. The number of ether oxygens (including phenoxy) is 3. The van der Waals surface area contributed by atoms with E-state index in [1.165, 1.54) is 109 Å². The third-order valence-electron chi connectivity index (χ3n) is 14.3. The maximum atomic E-state index is 12.9. The van der Waals surface area contributed by atoms with Crippen molar-refractivity contribution in [2.45, 2.75) is 309 Å². The molecule has 0 heterocycles. The lowest BCUT2D eigenvalue weighted by Gasteiger charge is -2.18. The average molecular weight is 1150 g/mol. The maximum absolute atomic E-state index is 12.9. The summed E-state index contributed by atoms with van der Waals surface area (Å²) in [5.74, 6) is -0.917. The van der Waals surface area contributed by atoms with Crippen molar-refractivity contribution in [3.63, 3.8) is 0 Å². The number of allylic oxidation sites excluding steroid dienone is 24. The Hall–Kier alpha value is -4.71. The van der Waals surface area contributed by atoms with Crippen LogP contribution in [-0.4, -0.2) is 37.2 Å². The Balaban J connectivity index is 4.36. The van der Waals surface area contributed by atoms with Crippen molar-refractivity contribution >= 4 is 17.9 Å². The molecule has 0 saturated carbocycles. The summed E-state index contributed by atoms with van der Waals surface area (Å²) in [7, 11) is 0. The molecule has 0 N–H and O–H groups in total. The predicted octanol–water partition coefficient (Wildman–Crippen LogP) is 23.9. The highest BCUT2D eigenvalue weighted by Gasteiger charge is 2.19. The van der Waals surface area contributed by atoms with Gasteiger partial charge in [-0.1, -0.05) is 289 Å². The molecule has 6 nitrogen and oxygen atoms in total. The van der Waals surface area contributed by atoms with Gasteiger partial charge in [0.15, 0.2) is 6.10 Å². The number of carbonyl (C=O) groups excluding carboxylic acids is 3. The molecule has 470 valence electrons. The first kappa shape index (κ1) is 78.3. The van der Waals surface area contributed by atoms with E-state index in [1.54, 1.807) is 0 Å². The average Bonchev–Trinajstić information content (AvgIpc) is 3.49. The fourth-order valence-corrected chi connectivity index (χ4v) is 9.23. The number of esters is 3. The molecule has 6 heteroatoms. The van der Waals surface area contributed by atoms with E-state index in [9.17, 15) is 14.4 Å². The lowest BCUT2D eigenvalue weighted by Crippen LogP contribution is -2.30. The molecule has 0 aliphatic heterocycles. The van der Waals surface area contributed by atoms with Gasteiger partial charge in [-0.2, -0.15) is 0 Å². The van der Waals surface area contributed by atoms with Gasteiger partial charge >= 0.3 is 17.9 Å². The van der Waals surface area contributed by atoms with E-state index in [0.717, 1.165) is 154 Å². The van der Waals surface area contributed by atoms with Gasteiger partial charge in [-0.05, 0) is 141 Å². The van der Waals surface area contributed by atoms with Gasteiger partial charge < -0.3 is 14.2 Å². The number of hydrogen-bond donors (Lipinski definition) is 0. The number of rotatable bonds is 61. The molecule has 0 fully saturated rings. The summed E-state index contributed by atoms with van der Waals surface area (Å²) in [6.45, 7) is 6.40. The van der Waals surface area contributed by atoms with E-state index in [-0.39, 0.29) is 31.1 Å². The summed E-state index contributed by atoms with van der Waals surface area (Å²) in [6, 6.07) is 0. The number of unbranched alkanes of at least 4 members (excludes halogenated alkanes) is 26. The van der Waals surface area contributed by atoms with Crippen LogP contribution in [0.25, 0.3) is 0 Å². The molecule has 0 saturated heterocycles. The molecule has 0 bridgehead atoms. The SMILES string of the molecule is CC/C=C\C/C=C\C/C=C\C/C=C\C/C=C\C/C=C\C/C=C\CCCCCCCCCCCC(=O)OCC(COC(=O)CCCCCCC/C=C\CCCCCCCC)OC(=O)CCCCCCCC/C=C\C/C=C\C/C=C\C/C=C\CC. The maximum Gasteiger partial charge on any atom is 0.306 e. The first-order valence-electron chi connectivity index (χ1n) is 34.3. The fourth-order valence-electron chi connectivity index (χ4n) is 9.23. The summed E-state index contributed by atoms with van der Waals surface area (Å²) in [5, 5.41) is 0. The predicted molar refractivity (Wildman–Crippen MR) is 362 cm³/mol. The molecule has 0 spiro atoms. The van der Waals surface area contributed by atoms with Crippen molar-refractivity contribution in [3.8, 4) is 0 Å². The Morgan fingerprint density at radius 1 is 0.253 bits per heavy atom. The van der Waals surface area contributed by atoms with Crippen molar-refractivity contribution in [2.75, 3.05) is 13.2 Å². The molecule has 83 heavy (non-hydrogen) atoms. The van der Waals surface area contributed by atoms with Gasteiger partial charge in [0, 0.05) is 19.3 Å². The number of carbonyl (C=O) groups is 3. The van der Waals surface area contributed by atoms with Crippen LogP contribution in [0.4, 0.5) is 0 Å². The van der Waals surface area contributed by atoms with Gasteiger partial charge in [0.2, 0.25) is 0 Å². The Bertz CT molecular complexity index is 1800. The summed E-state index contributed by atoms with van der Waals surface area (Å²) in [4.78, 5) is 38.4. The van der Waals surface area contributed by atoms with E-state index in [1.807, 2.05) is 0 Å². The quantitative estimate of drug-likeness (QED) is 0.0261. The molecule has 0 rings (SSSR count). The van der Waals surface area contributed by atoms with Crippen LogP contribution in [-0.2, 0) is 28.6 Å². The third kappa shape index (κ3) is 68.0. The minimum absolute atomic E-state index is 0.0933. The van der Waals surface area contributed by atoms with Crippen LogP contribution in [0.15, 0.2) is 146 Å². The van der Waals surface area contributed by atoms with Crippen LogP contribution in [0.3, 0.4) is 0 Å². The lowest BCUT2D eigenvalue weighted by molar-refractivity contribution is -0.167. The molecule has 1 unspecified atom stereocenters. The zero-order valence-electron chi connectivity index (χ0n) is 53.9.